The lowest BCUT2D eigenvalue weighted by molar-refractivity contribution is -0.0442. The number of carboxylic acid groups (broad SMARTS) is 1. The first-order chi connectivity index (χ1) is 12.1. The van der Waals surface area contributed by atoms with Crippen LogP contribution in [0, 0.1) is 0 Å². The summed E-state index contributed by atoms with van der Waals surface area (Å²) in [5, 5.41) is 11.6. The maximum atomic E-state index is 12.0. The van der Waals surface area contributed by atoms with Gasteiger partial charge in [0, 0.05) is 12.7 Å². The second-order valence-corrected chi connectivity index (χ2v) is 5.84. The van der Waals surface area contributed by atoms with Gasteiger partial charge in [0.1, 0.15) is 5.69 Å². The van der Waals surface area contributed by atoms with E-state index >= 15 is 0 Å². The van der Waals surface area contributed by atoms with E-state index in [4.69, 9.17) is 9.84 Å². The summed E-state index contributed by atoms with van der Waals surface area (Å²) in [4.78, 5) is 28.3. The standard InChI is InChI=1S/C18H19N3O4/c22-17(23)16-7-6-14(8-19-16)9-20-18(24)21-10-15(11-21)25-12-13-4-2-1-3-5-13/h1-8,15H,9-12H2,(H,20,24)(H,22,23). The number of benzene rings is 1. The summed E-state index contributed by atoms with van der Waals surface area (Å²) >= 11 is 0. The summed E-state index contributed by atoms with van der Waals surface area (Å²) in [5.41, 5.74) is 1.84. The van der Waals surface area contributed by atoms with Crippen LogP contribution in [-0.4, -0.2) is 46.2 Å². The summed E-state index contributed by atoms with van der Waals surface area (Å²) < 4.78 is 5.76. The van der Waals surface area contributed by atoms with Gasteiger partial charge in [-0.15, -0.1) is 0 Å². The summed E-state index contributed by atoms with van der Waals surface area (Å²) in [6.45, 7) is 1.98. The van der Waals surface area contributed by atoms with Crippen LogP contribution in [0.4, 0.5) is 4.79 Å². The van der Waals surface area contributed by atoms with Crippen molar-refractivity contribution in [2.24, 2.45) is 0 Å². The van der Waals surface area contributed by atoms with Crippen molar-refractivity contribution in [3.63, 3.8) is 0 Å². The van der Waals surface area contributed by atoms with E-state index in [1.54, 1.807) is 11.0 Å². The predicted molar refractivity (Wildman–Crippen MR) is 90.0 cm³/mol. The van der Waals surface area contributed by atoms with Crippen molar-refractivity contribution in [1.82, 2.24) is 15.2 Å². The number of carbonyl (C=O) groups is 2. The molecule has 0 bridgehead atoms. The number of aromatic carboxylic acids is 1. The zero-order valence-corrected chi connectivity index (χ0v) is 13.6. The van der Waals surface area contributed by atoms with Gasteiger partial charge in [-0.3, -0.25) is 0 Å². The van der Waals surface area contributed by atoms with Crippen LogP contribution in [0.2, 0.25) is 0 Å². The number of pyridine rings is 1. The van der Waals surface area contributed by atoms with E-state index in [1.807, 2.05) is 30.3 Å². The number of amides is 2. The molecule has 3 rings (SSSR count). The third-order valence-corrected chi connectivity index (χ3v) is 3.95. The van der Waals surface area contributed by atoms with Crippen molar-refractivity contribution in [3.05, 3.63) is 65.5 Å². The van der Waals surface area contributed by atoms with Crippen LogP contribution >= 0.6 is 0 Å². The minimum absolute atomic E-state index is 0.0174. The molecule has 7 heteroatoms. The number of likely N-dealkylation sites (tertiary alicyclic amines) is 1. The predicted octanol–water partition coefficient (Wildman–Crippen LogP) is 1.89. The van der Waals surface area contributed by atoms with Crippen molar-refractivity contribution in [2.75, 3.05) is 13.1 Å². The Labute approximate surface area is 145 Å². The molecule has 25 heavy (non-hydrogen) atoms. The number of carboxylic acids is 1. The molecular weight excluding hydrogens is 322 g/mol. The fourth-order valence-corrected chi connectivity index (χ4v) is 2.44. The third-order valence-electron chi connectivity index (χ3n) is 3.95. The van der Waals surface area contributed by atoms with Gasteiger partial charge in [-0.1, -0.05) is 36.4 Å². The van der Waals surface area contributed by atoms with E-state index in [0.29, 0.717) is 26.2 Å². The lowest BCUT2D eigenvalue weighted by atomic mass is 10.1. The largest absolute Gasteiger partial charge is 0.477 e. The number of ether oxygens (including phenoxy) is 1. The molecule has 0 unspecified atom stereocenters. The summed E-state index contributed by atoms with van der Waals surface area (Å²) in [7, 11) is 0. The number of hydrogen-bond donors (Lipinski definition) is 2. The zero-order chi connectivity index (χ0) is 17.6. The first-order valence-electron chi connectivity index (χ1n) is 7.98. The van der Waals surface area contributed by atoms with Crippen LogP contribution in [0.25, 0.3) is 0 Å². The molecule has 0 aliphatic carbocycles. The number of rotatable bonds is 6. The zero-order valence-electron chi connectivity index (χ0n) is 13.6. The molecule has 0 radical (unpaired) electrons. The number of hydrogen-bond acceptors (Lipinski definition) is 4. The molecule has 0 atom stereocenters. The monoisotopic (exact) mass is 341 g/mol. The maximum Gasteiger partial charge on any atom is 0.354 e. The minimum atomic E-state index is -1.07. The lowest BCUT2D eigenvalue weighted by Crippen LogP contribution is -2.57. The maximum absolute atomic E-state index is 12.0. The number of urea groups is 1. The van der Waals surface area contributed by atoms with Gasteiger partial charge >= 0.3 is 12.0 Å². The number of nitrogens with one attached hydrogen (secondary N) is 1. The van der Waals surface area contributed by atoms with Gasteiger partial charge in [-0.2, -0.15) is 0 Å². The average molecular weight is 341 g/mol. The second kappa shape index (κ2) is 7.76. The Morgan fingerprint density at radius 1 is 1.16 bits per heavy atom. The van der Waals surface area contributed by atoms with Crippen LogP contribution in [0.15, 0.2) is 48.7 Å². The first kappa shape index (κ1) is 16.9. The van der Waals surface area contributed by atoms with Crippen molar-refractivity contribution in [2.45, 2.75) is 19.3 Å². The molecule has 7 nitrogen and oxygen atoms in total. The first-order valence-corrected chi connectivity index (χ1v) is 7.98. The van der Waals surface area contributed by atoms with E-state index in [0.717, 1.165) is 11.1 Å². The Kier molecular flexibility index (Phi) is 5.25. The molecule has 1 saturated heterocycles. The van der Waals surface area contributed by atoms with E-state index in [-0.39, 0.29) is 17.8 Å². The van der Waals surface area contributed by atoms with E-state index < -0.39 is 5.97 Å². The van der Waals surface area contributed by atoms with Crippen LogP contribution in [-0.2, 0) is 17.9 Å². The molecule has 1 aliphatic rings. The molecule has 0 spiro atoms. The molecule has 1 aromatic carbocycles. The van der Waals surface area contributed by atoms with Crippen LogP contribution < -0.4 is 5.32 Å². The summed E-state index contributed by atoms with van der Waals surface area (Å²) in [6, 6.07) is 12.8. The Morgan fingerprint density at radius 3 is 2.56 bits per heavy atom. The van der Waals surface area contributed by atoms with Crippen LogP contribution in [0.3, 0.4) is 0 Å². The molecule has 1 aliphatic heterocycles. The van der Waals surface area contributed by atoms with Gasteiger partial charge in [0.2, 0.25) is 0 Å². The molecule has 2 heterocycles. The third kappa shape index (κ3) is 4.54. The fourth-order valence-electron chi connectivity index (χ4n) is 2.44. The molecule has 1 aromatic heterocycles. The van der Waals surface area contributed by atoms with Crippen LogP contribution in [0.5, 0.6) is 0 Å². The summed E-state index contributed by atoms with van der Waals surface area (Å²) in [6.07, 6.45) is 1.51. The molecule has 1 fully saturated rings. The van der Waals surface area contributed by atoms with Gasteiger partial charge < -0.3 is 20.1 Å². The topological polar surface area (TPSA) is 91.8 Å². The highest BCUT2D eigenvalue weighted by Gasteiger charge is 2.31. The van der Waals surface area contributed by atoms with Crippen molar-refractivity contribution >= 4 is 12.0 Å². The van der Waals surface area contributed by atoms with Crippen molar-refractivity contribution in [1.29, 1.82) is 0 Å². The van der Waals surface area contributed by atoms with Gasteiger partial charge in [0.25, 0.3) is 0 Å². The van der Waals surface area contributed by atoms with Gasteiger partial charge in [-0.25, -0.2) is 14.6 Å². The molecule has 0 saturated carbocycles. The Balaban J connectivity index is 1.36. The van der Waals surface area contributed by atoms with Gasteiger partial charge in [0.05, 0.1) is 25.8 Å². The normalized spacial score (nSPS) is 14.0. The van der Waals surface area contributed by atoms with Gasteiger partial charge in [-0.05, 0) is 17.2 Å². The van der Waals surface area contributed by atoms with Crippen molar-refractivity contribution < 1.29 is 19.4 Å². The highest BCUT2D eigenvalue weighted by Crippen LogP contribution is 2.14. The van der Waals surface area contributed by atoms with Gasteiger partial charge in [0.15, 0.2) is 0 Å². The quantitative estimate of drug-likeness (QED) is 0.837. The Morgan fingerprint density at radius 2 is 1.92 bits per heavy atom. The molecule has 130 valence electrons. The molecule has 2 aromatic rings. The average Bonchev–Trinajstić information content (AvgIpc) is 2.60. The second-order valence-electron chi connectivity index (χ2n) is 5.84. The van der Waals surface area contributed by atoms with E-state index in [1.165, 1.54) is 12.3 Å². The van der Waals surface area contributed by atoms with E-state index in [2.05, 4.69) is 10.3 Å². The van der Waals surface area contributed by atoms with E-state index in [9.17, 15) is 9.59 Å². The highest BCUT2D eigenvalue weighted by atomic mass is 16.5. The highest BCUT2D eigenvalue weighted by molar-refractivity contribution is 5.85. The smallest absolute Gasteiger partial charge is 0.354 e. The van der Waals surface area contributed by atoms with Crippen molar-refractivity contribution in [3.8, 4) is 0 Å². The number of nitrogens with zero attached hydrogens (tertiary/aromatic N) is 2. The number of carbonyl (C=O) groups excluding carboxylic acids is 1. The molecule has 2 amide bonds. The minimum Gasteiger partial charge on any atom is -0.477 e. The summed E-state index contributed by atoms with van der Waals surface area (Å²) in [5.74, 6) is -1.07. The molecule has 2 N–H and O–H groups in total. The Hall–Kier alpha value is -2.93. The van der Waals surface area contributed by atoms with Crippen LogP contribution in [0.1, 0.15) is 21.6 Å². The lowest BCUT2D eigenvalue weighted by Gasteiger charge is -2.38. The fraction of sp³-hybridized carbons (Fsp3) is 0.278. The Bertz CT molecular complexity index is 728. The molecular formula is C18H19N3O4. The number of aromatic nitrogens is 1. The SMILES string of the molecule is O=C(O)c1ccc(CNC(=O)N2CC(OCc3ccccc3)C2)cn1.